The Labute approximate surface area is 193 Å². The number of nitrogens with zero attached hydrogens (tertiary/aromatic N) is 2. The highest BCUT2D eigenvalue weighted by atomic mass is 127. The summed E-state index contributed by atoms with van der Waals surface area (Å²) in [5, 5.41) is 3.39. The van der Waals surface area contributed by atoms with Crippen LogP contribution in [0.5, 0.6) is 0 Å². The van der Waals surface area contributed by atoms with Crippen LogP contribution in [0, 0.1) is 5.92 Å². The Hall–Kier alpha value is -0.900. The number of hydrogen-bond acceptors (Lipinski definition) is 4. The van der Waals surface area contributed by atoms with E-state index in [2.05, 4.69) is 46.4 Å². The van der Waals surface area contributed by atoms with Gasteiger partial charge in [-0.25, -0.2) is 0 Å². The summed E-state index contributed by atoms with van der Waals surface area (Å²) in [6.45, 7) is 9.22. The molecular weight excluding hydrogens is 481 g/mol. The number of ether oxygens (including phenoxy) is 3. The molecule has 1 aromatic rings. The Bertz CT molecular complexity index is 545. The van der Waals surface area contributed by atoms with E-state index >= 15 is 0 Å². The number of likely N-dealkylation sites (tertiary alicyclic amines) is 1. The SMILES string of the molecule is CCCCOCCOCCNC(=NC)N1CCC(COCc2ccccc2)C1.I. The van der Waals surface area contributed by atoms with Crippen molar-refractivity contribution in [3.05, 3.63) is 35.9 Å². The van der Waals surface area contributed by atoms with E-state index in [9.17, 15) is 0 Å². The van der Waals surface area contributed by atoms with Crippen molar-refractivity contribution in [3.8, 4) is 0 Å². The van der Waals surface area contributed by atoms with Crippen molar-refractivity contribution in [1.29, 1.82) is 0 Å². The molecule has 0 aliphatic carbocycles. The van der Waals surface area contributed by atoms with Gasteiger partial charge >= 0.3 is 0 Å². The molecule has 1 fully saturated rings. The summed E-state index contributed by atoms with van der Waals surface area (Å²) in [7, 11) is 1.84. The number of nitrogens with one attached hydrogen (secondary N) is 1. The third-order valence-corrected chi connectivity index (χ3v) is 4.81. The Morgan fingerprint density at radius 2 is 1.86 bits per heavy atom. The second-order valence-electron chi connectivity index (χ2n) is 7.15. The van der Waals surface area contributed by atoms with Crippen LogP contribution < -0.4 is 5.32 Å². The molecule has 1 N–H and O–H groups in total. The van der Waals surface area contributed by atoms with Crippen molar-refractivity contribution in [2.45, 2.75) is 32.8 Å². The van der Waals surface area contributed by atoms with Gasteiger partial charge in [0.1, 0.15) is 0 Å². The van der Waals surface area contributed by atoms with Gasteiger partial charge in [-0.1, -0.05) is 43.7 Å². The second-order valence-corrected chi connectivity index (χ2v) is 7.15. The molecule has 0 aromatic heterocycles. The molecular formula is C22H38IN3O3. The number of halogens is 1. The zero-order valence-electron chi connectivity index (χ0n) is 18.0. The molecule has 1 aromatic carbocycles. The standard InChI is InChI=1S/C22H37N3O3.HI/c1-3-4-13-26-15-16-27-14-11-24-22(23-2)25-12-10-21(17-25)19-28-18-20-8-6-5-7-9-20;/h5-9,21H,3-4,10-19H2,1-2H3,(H,23,24);1H. The molecule has 0 bridgehead atoms. The first-order chi connectivity index (χ1) is 13.8. The van der Waals surface area contributed by atoms with Crippen LogP contribution in [0.3, 0.4) is 0 Å². The minimum Gasteiger partial charge on any atom is -0.379 e. The molecule has 1 atom stereocenters. The van der Waals surface area contributed by atoms with Crippen LogP contribution in [-0.2, 0) is 20.8 Å². The van der Waals surface area contributed by atoms with Gasteiger partial charge in [-0.3, -0.25) is 4.99 Å². The van der Waals surface area contributed by atoms with Crippen LogP contribution in [-0.4, -0.2) is 70.6 Å². The summed E-state index contributed by atoms with van der Waals surface area (Å²) in [5.74, 6) is 1.51. The Balaban J connectivity index is 0.00000420. The molecule has 0 spiro atoms. The molecule has 0 radical (unpaired) electrons. The number of unbranched alkanes of at least 4 members (excludes halogenated alkanes) is 1. The monoisotopic (exact) mass is 519 g/mol. The molecule has 0 amide bonds. The fraction of sp³-hybridized carbons (Fsp3) is 0.682. The molecule has 0 saturated carbocycles. The van der Waals surface area contributed by atoms with Gasteiger partial charge in [-0.05, 0) is 18.4 Å². The predicted molar refractivity (Wildman–Crippen MR) is 129 cm³/mol. The minimum absolute atomic E-state index is 0. The van der Waals surface area contributed by atoms with E-state index in [-0.39, 0.29) is 24.0 Å². The van der Waals surface area contributed by atoms with Crippen molar-refractivity contribution < 1.29 is 14.2 Å². The highest BCUT2D eigenvalue weighted by Crippen LogP contribution is 2.17. The molecule has 7 heteroatoms. The fourth-order valence-corrected chi connectivity index (χ4v) is 3.21. The number of aliphatic imine (C=N–C) groups is 1. The molecule has 166 valence electrons. The fourth-order valence-electron chi connectivity index (χ4n) is 3.21. The normalized spacial score (nSPS) is 16.7. The van der Waals surface area contributed by atoms with Crippen LogP contribution in [0.25, 0.3) is 0 Å². The maximum Gasteiger partial charge on any atom is 0.193 e. The smallest absolute Gasteiger partial charge is 0.193 e. The summed E-state index contributed by atoms with van der Waals surface area (Å²) in [4.78, 5) is 6.72. The first kappa shape index (κ1) is 26.1. The lowest BCUT2D eigenvalue weighted by Crippen LogP contribution is -2.41. The largest absolute Gasteiger partial charge is 0.379 e. The van der Waals surface area contributed by atoms with E-state index in [0.29, 0.717) is 32.3 Å². The number of hydrogen-bond donors (Lipinski definition) is 1. The molecule has 1 saturated heterocycles. The second kappa shape index (κ2) is 16.8. The lowest BCUT2D eigenvalue weighted by molar-refractivity contribution is 0.0486. The average Bonchev–Trinajstić information content (AvgIpc) is 3.19. The Morgan fingerprint density at radius 3 is 2.59 bits per heavy atom. The first-order valence-corrected chi connectivity index (χ1v) is 10.6. The lowest BCUT2D eigenvalue weighted by atomic mass is 10.1. The van der Waals surface area contributed by atoms with Crippen molar-refractivity contribution >= 4 is 29.9 Å². The summed E-state index contributed by atoms with van der Waals surface area (Å²) in [6.07, 6.45) is 3.42. The molecule has 1 heterocycles. The van der Waals surface area contributed by atoms with E-state index in [1.54, 1.807) is 0 Å². The maximum absolute atomic E-state index is 5.91. The molecule has 1 aliphatic rings. The lowest BCUT2D eigenvalue weighted by Gasteiger charge is -2.21. The van der Waals surface area contributed by atoms with Gasteiger partial charge in [0.05, 0.1) is 33.0 Å². The number of guanidine groups is 1. The molecule has 2 rings (SSSR count). The molecule has 1 aliphatic heterocycles. The number of benzene rings is 1. The molecule has 6 nitrogen and oxygen atoms in total. The third-order valence-electron chi connectivity index (χ3n) is 4.81. The highest BCUT2D eigenvalue weighted by Gasteiger charge is 2.24. The van der Waals surface area contributed by atoms with Gasteiger partial charge in [-0.2, -0.15) is 0 Å². The molecule has 1 unspecified atom stereocenters. The summed E-state index contributed by atoms with van der Waals surface area (Å²) in [6, 6.07) is 10.3. The van der Waals surface area contributed by atoms with Gasteiger partial charge < -0.3 is 24.4 Å². The summed E-state index contributed by atoms with van der Waals surface area (Å²) < 4.78 is 17.0. The Kier molecular flexibility index (Phi) is 15.2. The van der Waals surface area contributed by atoms with Crippen molar-refractivity contribution in [1.82, 2.24) is 10.2 Å². The third kappa shape index (κ3) is 11.2. The summed E-state index contributed by atoms with van der Waals surface area (Å²) >= 11 is 0. The predicted octanol–water partition coefficient (Wildman–Crippen LogP) is 3.55. The van der Waals surface area contributed by atoms with Crippen LogP contribution >= 0.6 is 24.0 Å². The van der Waals surface area contributed by atoms with Crippen LogP contribution in [0.2, 0.25) is 0 Å². The van der Waals surface area contributed by atoms with Gasteiger partial charge in [0.2, 0.25) is 0 Å². The van der Waals surface area contributed by atoms with Crippen LogP contribution in [0.15, 0.2) is 35.3 Å². The van der Waals surface area contributed by atoms with E-state index in [0.717, 1.165) is 51.6 Å². The summed E-state index contributed by atoms with van der Waals surface area (Å²) in [5.41, 5.74) is 1.23. The zero-order valence-corrected chi connectivity index (χ0v) is 20.3. The number of rotatable bonds is 13. The van der Waals surface area contributed by atoms with Crippen molar-refractivity contribution in [2.75, 3.05) is 59.7 Å². The van der Waals surface area contributed by atoms with Gasteiger partial charge in [-0.15, -0.1) is 24.0 Å². The Morgan fingerprint density at radius 1 is 1.10 bits per heavy atom. The quantitative estimate of drug-likeness (QED) is 0.187. The highest BCUT2D eigenvalue weighted by molar-refractivity contribution is 14.0. The minimum atomic E-state index is 0. The van der Waals surface area contributed by atoms with E-state index in [4.69, 9.17) is 14.2 Å². The van der Waals surface area contributed by atoms with Gasteiger partial charge in [0.15, 0.2) is 5.96 Å². The van der Waals surface area contributed by atoms with E-state index < -0.39 is 0 Å². The zero-order chi connectivity index (χ0) is 19.9. The topological polar surface area (TPSA) is 55.3 Å². The average molecular weight is 519 g/mol. The van der Waals surface area contributed by atoms with Crippen LogP contribution in [0.1, 0.15) is 31.7 Å². The van der Waals surface area contributed by atoms with Gasteiger partial charge in [0, 0.05) is 39.2 Å². The first-order valence-electron chi connectivity index (χ1n) is 10.6. The van der Waals surface area contributed by atoms with Gasteiger partial charge in [0.25, 0.3) is 0 Å². The maximum atomic E-state index is 5.91. The molecule has 29 heavy (non-hydrogen) atoms. The van der Waals surface area contributed by atoms with Crippen LogP contribution in [0.4, 0.5) is 0 Å². The van der Waals surface area contributed by atoms with E-state index in [1.807, 2.05) is 13.1 Å². The van der Waals surface area contributed by atoms with Crippen molar-refractivity contribution in [2.24, 2.45) is 10.9 Å². The van der Waals surface area contributed by atoms with E-state index in [1.165, 1.54) is 12.0 Å². The van der Waals surface area contributed by atoms with Crippen molar-refractivity contribution in [3.63, 3.8) is 0 Å².